The highest BCUT2D eigenvalue weighted by molar-refractivity contribution is 5.85. The van der Waals surface area contributed by atoms with Gasteiger partial charge in [-0.05, 0) is 47.9 Å². The smallest absolute Gasteiger partial charge is 0.161 e. The fraction of sp³-hybridized carbons (Fsp3) is 0.240. The number of benzene rings is 2. The average Bonchev–Trinajstić information content (AvgIpc) is 3.18. The molecule has 2 aliphatic rings. The highest BCUT2D eigenvalue weighted by Crippen LogP contribution is 2.39. The molecular weight excluding hydrogens is 374 g/mol. The van der Waals surface area contributed by atoms with E-state index >= 15 is 0 Å². The van der Waals surface area contributed by atoms with E-state index < -0.39 is 0 Å². The molecule has 0 saturated carbocycles. The number of aromatic nitrogens is 2. The molecule has 150 valence electrons. The van der Waals surface area contributed by atoms with Crippen molar-refractivity contribution in [1.82, 2.24) is 14.9 Å². The number of aromatic amines is 1. The third-order valence-corrected chi connectivity index (χ3v) is 6.09. The zero-order chi connectivity index (χ0) is 19.9. The van der Waals surface area contributed by atoms with Gasteiger partial charge in [0.2, 0.25) is 0 Å². The first-order valence-electron chi connectivity index (χ1n) is 10.5. The summed E-state index contributed by atoms with van der Waals surface area (Å²) in [6, 6.07) is 21.1. The van der Waals surface area contributed by atoms with Crippen LogP contribution in [0.5, 0.6) is 11.5 Å². The van der Waals surface area contributed by atoms with Gasteiger partial charge in [-0.1, -0.05) is 30.3 Å². The van der Waals surface area contributed by atoms with Crippen LogP contribution in [0.15, 0.2) is 66.9 Å². The molecule has 0 saturated heterocycles. The van der Waals surface area contributed by atoms with Crippen LogP contribution in [0, 0.1) is 0 Å². The Balaban J connectivity index is 1.41. The summed E-state index contributed by atoms with van der Waals surface area (Å²) in [6.45, 7) is 3.02. The molecule has 5 heteroatoms. The zero-order valence-corrected chi connectivity index (χ0v) is 16.7. The highest BCUT2D eigenvalue weighted by Gasteiger charge is 2.32. The lowest BCUT2D eigenvalue weighted by Crippen LogP contribution is -2.36. The van der Waals surface area contributed by atoms with Crippen molar-refractivity contribution in [2.45, 2.75) is 19.0 Å². The minimum absolute atomic E-state index is 0.0931. The summed E-state index contributed by atoms with van der Waals surface area (Å²) in [7, 11) is 0. The molecule has 2 aromatic carbocycles. The van der Waals surface area contributed by atoms with Gasteiger partial charge in [0.25, 0.3) is 0 Å². The van der Waals surface area contributed by atoms with Crippen molar-refractivity contribution in [3.05, 3.63) is 89.4 Å². The highest BCUT2D eigenvalue weighted by atomic mass is 16.6. The van der Waals surface area contributed by atoms with Gasteiger partial charge in [0.05, 0.1) is 11.7 Å². The normalized spacial score (nSPS) is 18.3. The zero-order valence-electron chi connectivity index (χ0n) is 16.7. The first-order chi connectivity index (χ1) is 14.9. The number of nitrogens with zero attached hydrogens (tertiary/aromatic N) is 2. The summed E-state index contributed by atoms with van der Waals surface area (Å²) < 4.78 is 11.5. The van der Waals surface area contributed by atoms with E-state index in [9.17, 15) is 0 Å². The number of nitrogens with one attached hydrogen (secondary N) is 1. The minimum atomic E-state index is 0.0931. The maximum Gasteiger partial charge on any atom is 0.161 e. The van der Waals surface area contributed by atoms with Gasteiger partial charge in [0.15, 0.2) is 11.5 Å². The third-order valence-electron chi connectivity index (χ3n) is 6.09. The summed E-state index contributed by atoms with van der Waals surface area (Å²) in [4.78, 5) is 10.9. The first-order valence-corrected chi connectivity index (χ1v) is 10.5. The Morgan fingerprint density at radius 2 is 1.83 bits per heavy atom. The summed E-state index contributed by atoms with van der Waals surface area (Å²) >= 11 is 0. The summed E-state index contributed by atoms with van der Waals surface area (Å²) in [5.74, 6) is 1.68. The van der Waals surface area contributed by atoms with E-state index in [2.05, 4.69) is 58.4 Å². The van der Waals surface area contributed by atoms with Crippen LogP contribution < -0.4 is 9.47 Å². The van der Waals surface area contributed by atoms with Crippen molar-refractivity contribution in [3.8, 4) is 11.5 Å². The maximum atomic E-state index is 5.80. The van der Waals surface area contributed by atoms with Crippen LogP contribution in [0.3, 0.4) is 0 Å². The average molecular weight is 397 g/mol. The van der Waals surface area contributed by atoms with Crippen LogP contribution in [0.25, 0.3) is 10.9 Å². The lowest BCUT2D eigenvalue weighted by Gasteiger charge is -2.35. The lowest BCUT2D eigenvalue weighted by molar-refractivity contribution is 0.170. The predicted molar refractivity (Wildman–Crippen MR) is 116 cm³/mol. The van der Waals surface area contributed by atoms with Crippen LogP contribution >= 0.6 is 0 Å². The van der Waals surface area contributed by atoms with Gasteiger partial charge < -0.3 is 14.5 Å². The van der Waals surface area contributed by atoms with E-state index in [1.807, 2.05) is 18.3 Å². The number of para-hydroxylation sites is 1. The van der Waals surface area contributed by atoms with E-state index in [1.165, 1.54) is 27.7 Å². The Morgan fingerprint density at radius 1 is 0.967 bits per heavy atom. The molecule has 30 heavy (non-hydrogen) atoms. The molecule has 0 radical (unpaired) electrons. The Morgan fingerprint density at radius 3 is 2.73 bits per heavy atom. The number of rotatable bonds is 3. The molecular formula is C25H23N3O2. The van der Waals surface area contributed by atoms with Crippen molar-refractivity contribution >= 4 is 10.9 Å². The van der Waals surface area contributed by atoms with Crippen LogP contribution in [-0.4, -0.2) is 34.6 Å². The van der Waals surface area contributed by atoms with E-state index in [4.69, 9.17) is 14.5 Å². The third kappa shape index (κ3) is 2.94. The SMILES string of the molecule is c1ccc(C2c3[nH]c4ccccc4c3CCN2Cc2ccc3c(c2)OCCO3)nc1. The van der Waals surface area contributed by atoms with E-state index in [-0.39, 0.29) is 6.04 Å². The van der Waals surface area contributed by atoms with Gasteiger partial charge in [-0.2, -0.15) is 0 Å². The quantitative estimate of drug-likeness (QED) is 0.554. The van der Waals surface area contributed by atoms with Crippen molar-refractivity contribution in [1.29, 1.82) is 0 Å². The topological polar surface area (TPSA) is 50.4 Å². The van der Waals surface area contributed by atoms with Crippen molar-refractivity contribution in [2.75, 3.05) is 19.8 Å². The fourth-order valence-electron chi connectivity index (χ4n) is 4.75. The summed E-state index contributed by atoms with van der Waals surface area (Å²) in [5, 5.41) is 1.33. The van der Waals surface area contributed by atoms with E-state index in [0.717, 1.165) is 36.7 Å². The molecule has 0 spiro atoms. The lowest BCUT2D eigenvalue weighted by atomic mass is 9.94. The molecule has 1 N–H and O–H groups in total. The van der Waals surface area contributed by atoms with Crippen molar-refractivity contribution in [2.24, 2.45) is 0 Å². The Labute approximate surface area is 175 Å². The molecule has 6 rings (SSSR count). The molecule has 0 bridgehead atoms. The molecule has 2 aromatic heterocycles. The second kappa shape index (κ2) is 7.18. The van der Waals surface area contributed by atoms with Crippen LogP contribution in [0.2, 0.25) is 0 Å². The Kier molecular flexibility index (Phi) is 4.20. The minimum Gasteiger partial charge on any atom is -0.486 e. The van der Waals surface area contributed by atoms with Crippen molar-refractivity contribution < 1.29 is 9.47 Å². The molecule has 5 nitrogen and oxygen atoms in total. The first kappa shape index (κ1) is 17.5. The second-order valence-corrected chi connectivity index (χ2v) is 7.92. The number of H-pyrrole nitrogens is 1. The van der Waals surface area contributed by atoms with E-state index in [0.29, 0.717) is 13.2 Å². The Bertz CT molecular complexity index is 1200. The molecule has 0 aliphatic carbocycles. The van der Waals surface area contributed by atoms with Crippen LogP contribution in [-0.2, 0) is 13.0 Å². The molecule has 0 amide bonds. The number of hydrogen-bond donors (Lipinski definition) is 1. The molecule has 0 fully saturated rings. The van der Waals surface area contributed by atoms with Gasteiger partial charge >= 0.3 is 0 Å². The molecule has 4 aromatic rings. The summed E-state index contributed by atoms with van der Waals surface area (Å²) in [5.41, 5.74) is 6.17. The van der Waals surface area contributed by atoms with Gasteiger partial charge in [0, 0.05) is 35.9 Å². The fourth-order valence-corrected chi connectivity index (χ4v) is 4.75. The maximum absolute atomic E-state index is 5.80. The number of fused-ring (bicyclic) bond motifs is 4. The number of pyridine rings is 1. The molecule has 4 heterocycles. The number of ether oxygens (including phenoxy) is 2. The summed E-state index contributed by atoms with van der Waals surface area (Å²) in [6.07, 6.45) is 2.90. The van der Waals surface area contributed by atoms with Crippen molar-refractivity contribution in [3.63, 3.8) is 0 Å². The van der Waals surface area contributed by atoms with Crippen LogP contribution in [0.1, 0.15) is 28.6 Å². The predicted octanol–water partition coefficient (Wildman–Crippen LogP) is 4.48. The van der Waals surface area contributed by atoms with Gasteiger partial charge in [0.1, 0.15) is 13.2 Å². The monoisotopic (exact) mass is 397 g/mol. The standard InChI is InChI=1S/C25H23N3O2/c1-2-6-20-18(5-1)19-10-12-28(25(24(19)27-20)21-7-3-4-11-26-21)16-17-8-9-22-23(15-17)30-14-13-29-22/h1-9,11,15,25,27H,10,12-14,16H2. The molecule has 1 unspecified atom stereocenters. The second-order valence-electron chi connectivity index (χ2n) is 7.92. The molecule has 1 atom stereocenters. The number of hydrogen-bond acceptors (Lipinski definition) is 4. The van der Waals surface area contributed by atoms with Gasteiger partial charge in [-0.15, -0.1) is 0 Å². The Hall–Kier alpha value is -3.31. The largest absolute Gasteiger partial charge is 0.486 e. The van der Waals surface area contributed by atoms with Gasteiger partial charge in [-0.25, -0.2) is 0 Å². The van der Waals surface area contributed by atoms with Crippen LogP contribution in [0.4, 0.5) is 0 Å². The van der Waals surface area contributed by atoms with Gasteiger partial charge in [-0.3, -0.25) is 9.88 Å². The van der Waals surface area contributed by atoms with E-state index in [1.54, 1.807) is 0 Å². The molecule has 2 aliphatic heterocycles.